The van der Waals surface area contributed by atoms with Gasteiger partial charge in [-0.25, -0.2) is 0 Å². The molecule has 5 nitrogen and oxygen atoms in total. The van der Waals surface area contributed by atoms with Crippen LogP contribution in [0.2, 0.25) is 0 Å². The number of hydrogen-bond donors (Lipinski definition) is 1. The van der Waals surface area contributed by atoms with Crippen molar-refractivity contribution in [1.82, 2.24) is 10.2 Å². The summed E-state index contributed by atoms with van der Waals surface area (Å²) in [4.78, 5) is 13.9. The highest BCUT2D eigenvalue weighted by Gasteiger charge is 2.31. The smallest absolute Gasteiger partial charge is 0.242 e. The summed E-state index contributed by atoms with van der Waals surface area (Å²) in [5, 5.41) is 3.17. The van der Waals surface area contributed by atoms with Gasteiger partial charge in [-0.2, -0.15) is 0 Å². The maximum absolute atomic E-state index is 12.0. The van der Waals surface area contributed by atoms with Gasteiger partial charge in [0.1, 0.15) is 6.04 Å². The fraction of sp³-hybridized carbons (Fsp3) is 0.900. The second kappa shape index (κ2) is 6.39. The number of likely N-dealkylation sites (tertiary alicyclic amines) is 1. The maximum atomic E-state index is 12.0. The number of amides is 1. The lowest BCUT2D eigenvalue weighted by Gasteiger charge is -2.27. The van der Waals surface area contributed by atoms with Crippen LogP contribution in [0, 0.1) is 0 Å². The van der Waals surface area contributed by atoms with Crippen LogP contribution in [0.3, 0.4) is 0 Å². The van der Waals surface area contributed by atoms with Gasteiger partial charge in [-0.15, -0.1) is 12.4 Å². The van der Waals surface area contributed by atoms with E-state index in [2.05, 4.69) is 5.32 Å². The predicted molar refractivity (Wildman–Crippen MR) is 61.9 cm³/mol. The second-order valence-electron chi connectivity index (χ2n) is 4.01. The van der Waals surface area contributed by atoms with Gasteiger partial charge in [0.25, 0.3) is 0 Å². The number of nitrogens with zero attached hydrogens (tertiary/aromatic N) is 1. The Hall–Kier alpha value is -0.360. The van der Waals surface area contributed by atoms with E-state index in [9.17, 15) is 4.79 Å². The zero-order chi connectivity index (χ0) is 10.7. The van der Waals surface area contributed by atoms with Gasteiger partial charge in [0, 0.05) is 26.7 Å². The van der Waals surface area contributed by atoms with Gasteiger partial charge in [-0.3, -0.25) is 4.79 Å². The number of halogens is 1. The number of carbonyl (C=O) groups is 1. The molecule has 2 rings (SSSR count). The molecular weight excluding hydrogens is 232 g/mol. The van der Waals surface area contributed by atoms with Crippen molar-refractivity contribution in [2.75, 3.05) is 40.0 Å². The summed E-state index contributed by atoms with van der Waals surface area (Å²) in [5.74, 6) is 0.147. The number of nitrogens with one attached hydrogen (secondary N) is 1. The van der Waals surface area contributed by atoms with Crippen LogP contribution in [-0.2, 0) is 14.3 Å². The van der Waals surface area contributed by atoms with E-state index in [0.29, 0.717) is 19.8 Å². The van der Waals surface area contributed by atoms with Crippen LogP contribution in [0.15, 0.2) is 0 Å². The van der Waals surface area contributed by atoms with Crippen LogP contribution < -0.4 is 5.32 Å². The Kier molecular flexibility index (Phi) is 5.48. The molecule has 0 aromatic heterocycles. The molecule has 16 heavy (non-hydrogen) atoms. The van der Waals surface area contributed by atoms with Crippen molar-refractivity contribution >= 4 is 18.3 Å². The minimum Gasteiger partial charge on any atom is -0.380 e. The fourth-order valence-corrected chi connectivity index (χ4v) is 2.07. The van der Waals surface area contributed by atoms with Crippen LogP contribution in [0.5, 0.6) is 0 Å². The van der Waals surface area contributed by atoms with E-state index < -0.39 is 0 Å². The van der Waals surface area contributed by atoms with Gasteiger partial charge >= 0.3 is 0 Å². The van der Waals surface area contributed by atoms with Gasteiger partial charge in [0.05, 0.1) is 19.3 Å². The summed E-state index contributed by atoms with van der Waals surface area (Å²) in [6, 6.07) is -0.158. The van der Waals surface area contributed by atoms with Crippen molar-refractivity contribution in [2.45, 2.75) is 18.6 Å². The minimum absolute atomic E-state index is 0. The third kappa shape index (κ3) is 3.07. The highest BCUT2D eigenvalue weighted by Crippen LogP contribution is 2.13. The van der Waals surface area contributed by atoms with Crippen LogP contribution in [0.25, 0.3) is 0 Å². The normalized spacial score (nSPS) is 29.9. The average Bonchev–Trinajstić information content (AvgIpc) is 2.78. The Morgan fingerprint density at radius 2 is 2.38 bits per heavy atom. The van der Waals surface area contributed by atoms with E-state index in [4.69, 9.17) is 9.47 Å². The molecule has 0 saturated carbocycles. The first kappa shape index (κ1) is 13.7. The molecule has 1 amide bonds. The molecule has 94 valence electrons. The van der Waals surface area contributed by atoms with Crippen molar-refractivity contribution in [3.05, 3.63) is 0 Å². The first-order valence-electron chi connectivity index (χ1n) is 5.44. The maximum Gasteiger partial charge on any atom is 0.242 e. The average molecular weight is 251 g/mol. The van der Waals surface area contributed by atoms with Crippen molar-refractivity contribution in [1.29, 1.82) is 0 Å². The molecule has 6 heteroatoms. The molecule has 0 aromatic carbocycles. The second-order valence-corrected chi connectivity index (χ2v) is 4.01. The number of ether oxygens (including phenoxy) is 2. The Morgan fingerprint density at radius 3 is 2.94 bits per heavy atom. The topological polar surface area (TPSA) is 50.8 Å². The van der Waals surface area contributed by atoms with E-state index in [1.807, 2.05) is 4.90 Å². The van der Waals surface area contributed by atoms with Crippen molar-refractivity contribution in [2.24, 2.45) is 0 Å². The highest BCUT2D eigenvalue weighted by molar-refractivity contribution is 5.85. The van der Waals surface area contributed by atoms with Crippen LogP contribution >= 0.6 is 12.4 Å². The molecule has 1 unspecified atom stereocenters. The number of carbonyl (C=O) groups excluding carboxylic acids is 1. The lowest BCUT2D eigenvalue weighted by atomic mass is 10.2. The predicted octanol–water partition coefficient (Wildman–Crippen LogP) is -0.356. The largest absolute Gasteiger partial charge is 0.380 e. The molecule has 2 aliphatic rings. The first-order valence-corrected chi connectivity index (χ1v) is 5.44. The van der Waals surface area contributed by atoms with Crippen LogP contribution in [0.4, 0.5) is 0 Å². The number of morpholine rings is 1. The summed E-state index contributed by atoms with van der Waals surface area (Å²) in [6.45, 7) is 3.47. The molecule has 2 atom stereocenters. The van der Waals surface area contributed by atoms with E-state index in [1.165, 1.54) is 0 Å². The standard InChI is InChI=1S/C10H18N2O3.ClH/c1-14-8-2-4-12(6-8)10(13)9-7-15-5-3-11-9;/h8-9,11H,2-7H2,1H3;1H/t8-,9?;/m1./s1. The number of rotatable bonds is 2. The fourth-order valence-electron chi connectivity index (χ4n) is 2.07. The molecule has 2 heterocycles. The third-order valence-corrected chi connectivity index (χ3v) is 3.01. The van der Waals surface area contributed by atoms with Gasteiger partial charge in [0.2, 0.25) is 5.91 Å². The van der Waals surface area contributed by atoms with E-state index in [1.54, 1.807) is 7.11 Å². The summed E-state index contributed by atoms with van der Waals surface area (Å²) in [6.07, 6.45) is 1.15. The van der Waals surface area contributed by atoms with Gasteiger partial charge < -0.3 is 19.7 Å². The molecule has 1 N–H and O–H groups in total. The third-order valence-electron chi connectivity index (χ3n) is 3.01. The van der Waals surface area contributed by atoms with Gasteiger partial charge in [0.15, 0.2) is 0 Å². The highest BCUT2D eigenvalue weighted by atomic mass is 35.5. The summed E-state index contributed by atoms with van der Waals surface area (Å²) in [5.41, 5.74) is 0. The summed E-state index contributed by atoms with van der Waals surface area (Å²) >= 11 is 0. The van der Waals surface area contributed by atoms with Crippen molar-refractivity contribution in [3.8, 4) is 0 Å². The molecule has 2 aliphatic heterocycles. The molecule has 0 aliphatic carbocycles. The molecule has 0 bridgehead atoms. The number of methoxy groups -OCH3 is 1. The Labute approximate surface area is 102 Å². The zero-order valence-corrected chi connectivity index (χ0v) is 10.3. The Balaban J connectivity index is 0.00000128. The Morgan fingerprint density at radius 1 is 1.56 bits per heavy atom. The minimum atomic E-state index is -0.158. The first-order chi connectivity index (χ1) is 7.31. The quantitative estimate of drug-likeness (QED) is 0.728. The van der Waals surface area contributed by atoms with Crippen LogP contribution in [0.1, 0.15) is 6.42 Å². The van der Waals surface area contributed by atoms with E-state index in [0.717, 1.165) is 19.5 Å². The van der Waals surface area contributed by atoms with E-state index in [-0.39, 0.29) is 30.5 Å². The van der Waals surface area contributed by atoms with Crippen LogP contribution in [-0.4, -0.2) is 62.9 Å². The lowest BCUT2D eigenvalue weighted by molar-refractivity contribution is -0.135. The molecule has 2 fully saturated rings. The molecule has 2 saturated heterocycles. The summed E-state index contributed by atoms with van der Waals surface area (Å²) < 4.78 is 10.5. The zero-order valence-electron chi connectivity index (χ0n) is 9.48. The van der Waals surface area contributed by atoms with Gasteiger partial charge in [-0.05, 0) is 6.42 Å². The van der Waals surface area contributed by atoms with Gasteiger partial charge in [-0.1, -0.05) is 0 Å². The Bertz CT molecular complexity index is 234. The number of hydrogen-bond acceptors (Lipinski definition) is 4. The SMILES string of the molecule is CO[C@@H]1CCN(C(=O)C2COCCN2)C1.Cl. The molecule has 0 aromatic rings. The van der Waals surface area contributed by atoms with Crippen molar-refractivity contribution < 1.29 is 14.3 Å². The lowest BCUT2D eigenvalue weighted by Crippen LogP contribution is -2.52. The monoisotopic (exact) mass is 250 g/mol. The molecule has 0 radical (unpaired) electrons. The molecular formula is C10H19ClN2O3. The van der Waals surface area contributed by atoms with Crippen molar-refractivity contribution in [3.63, 3.8) is 0 Å². The van der Waals surface area contributed by atoms with E-state index >= 15 is 0 Å². The summed E-state index contributed by atoms with van der Waals surface area (Å²) in [7, 11) is 1.70. The molecule has 0 spiro atoms.